The van der Waals surface area contributed by atoms with E-state index in [1.54, 1.807) is 0 Å². The lowest BCUT2D eigenvalue weighted by Crippen LogP contribution is -2.34. The Balaban J connectivity index is 2.25. The second kappa shape index (κ2) is 6.57. The molecule has 0 amide bonds. The molecule has 0 aromatic heterocycles. The van der Waals surface area contributed by atoms with Crippen molar-refractivity contribution in [1.29, 1.82) is 0 Å². The second-order valence-corrected chi connectivity index (χ2v) is 6.03. The van der Waals surface area contributed by atoms with Crippen LogP contribution in [0.3, 0.4) is 0 Å². The van der Waals surface area contributed by atoms with Crippen molar-refractivity contribution in [2.24, 2.45) is 0 Å². The van der Waals surface area contributed by atoms with Gasteiger partial charge in [0.05, 0.1) is 0 Å². The summed E-state index contributed by atoms with van der Waals surface area (Å²) in [6.07, 6.45) is 6.28. The highest BCUT2D eigenvalue weighted by Crippen LogP contribution is 2.22. The van der Waals surface area contributed by atoms with Gasteiger partial charge in [-0.15, -0.1) is 0 Å². The summed E-state index contributed by atoms with van der Waals surface area (Å²) in [5.74, 6) is 0.832. The van der Waals surface area contributed by atoms with E-state index in [9.17, 15) is 4.21 Å². The van der Waals surface area contributed by atoms with E-state index in [0.717, 1.165) is 12.3 Å². The quantitative estimate of drug-likeness (QED) is 0.764. The Morgan fingerprint density at radius 1 is 1.36 bits per heavy atom. The van der Waals surface area contributed by atoms with Gasteiger partial charge in [0.15, 0.2) is 0 Å². The number of hydrogen-bond donors (Lipinski definition) is 1. The molecule has 0 aliphatic heterocycles. The predicted molar refractivity (Wildman–Crippen MR) is 63.0 cm³/mol. The Morgan fingerprint density at radius 3 is 2.57 bits per heavy atom. The first-order valence-electron chi connectivity index (χ1n) is 5.84. The molecule has 0 radical (unpaired) electrons. The lowest BCUT2D eigenvalue weighted by atomic mass is 10.0. The average Bonchev–Trinajstić information content (AvgIpc) is 2.19. The zero-order chi connectivity index (χ0) is 10.4. The topological polar surface area (TPSA) is 29.1 Å². The highest BCUT2D eigenvalue weighted by molar-refractivity contribution is 7.85. The molecule has 0 spiro atoms. The van der Waals surface area contributed by atoms with E-state index in [2.05, 4.69) is 19.2 Å². The summed E-state index contributed by atoms with van der Waals surface area (Å²) in [6, 6.07) is 0.405. The summed E-state index contributed by atoms with van der Waals surface area (Å²) < 4.78 is 12.0. The third-order valence-corrected chi connectivity index (χ3v) is 4.93. The van der Waals surface area contributed by atoms with E-state index in [0.29, 0.717) is 11.3 Å². The van der Waals surface area contributed by atoms with Gasteiger partial charge < -0.3 is 5.32 Å². The molecule has 2 atom stereocenters. The fourth-order valence-corrected chi connectivity index (χ4v) is 3.86. The minimum absolute atomic E-state index is 0.405. The molecule has 1 fully saturated rings. The van der Waals surface area contributed by atoms with Gasteiger partial charge in [0.1, 0.15) is 0 Å². The maximum absolute atomic E-state index is 12.0. The highest BCUT2D eigenvalue weighted by atomic mass is 32.2. The summed E-state index contributed by atoms with van der Waals surface area (Å²) in [5.41, 5.74) is 0. The van der Waals surface area contributed by atoms with E-state index < -0.39 is 10.8 Å². The molecule has 0 heterocycles. The molecule has 0 bridgehead atoms. The van der Waals surface area contributed by atoms with Gasteiger partial charge in [-0.25, -0.2) is 0 Å². The van der Waals surface area contributed by atoms with Gasteiger partial charge in [0, 0.05) is 27.8 Å². The highest BCUT2D eigenvalue weighted by Gasteiger charge is 2.20. The molecule has 1 saturated carbocycles. The lowest BCUT2D eigenvalue weighted by Gasteiger charge is -2.22. The van der Waals surface area contributed by atoms with Crippen LogP contribution in [-0.4, -0.2) is 27.8 Å². The molecule has 3 heteroatoms. The molecule has 0 saturated heterocycles. The first-order valence-corrected chi connectivity index (χ1v) is 7.22. The molecule has 1 rings (SSSR count). The summed E-state index contributed by atoms with van der Waals surface area (Å²) in [4.78, 5) is 0. The van der Waals surface area contributed by atoms with Crippen molar-refractivity contribution in [3.8, 4) is 0 Å². The number of hydrogen-bond acceptors (Lipinski definition) is 2. The summed E-state index contributed by atoms with van der Waals surface area (Å²) in [7, 11) is -0.601. The van der Waals surface area contributed by atoms with E-state index in [1.807, 2.05) is 0 Å². The van der Waals surface area contributed by atoms with Gasteiger partial charge in [0.25, 0.3) is 0 Å². The maximum atomic E-state index is 12.0. The van der Waals surface area contributed by atoms with E-state index in [4.69, 9.17) is 0 Å². The zero-order valence-electron chi connectivity index (χ0n) is 9.42. The molecular weight excluding hydrogens is 194 g/mol. The first-order chi connectivity index (χ1) is 6.74. The Labute approximate surface area is 90.3 Å². The molecule has 0 aromatic rings. The summed E-state index contributed by atoms with van der Waals surface area (Å²) >= 11 is 0. The van der Waals surface area contributed by atoms with Crippen LogP contribution >= 0.6 is 0 Å². The van der Waals surface area contributed by atoms with Crippen molar-refractivity contribution in [1.82, 2.24) is 5.32 Å². The van der Waals surface area contributed by atoms with Crippen LogP contribution < -0.4 is 5.32 Å². The van der Waals surface area contributed by atoms with Crippen LogP contribution in [0, 0.1) is 0 Å². The lowest BCUT2D eigenvalue weighted by molar-refractivity contribution is 0.501. The van der Waals surface area contributed by atoms with E-state index in [1.165, 1.54) is 32.1 Å². The third-order valence-electron chi connectivity index (χ3n) is 2.89. The van der Waals surface area contributed by atoms with Crippen molar-refractivity contribution in [2.75, 3.05) is 12.3 Å². The van der Waals surface area contributed by atoms with Crippen molar-refractivity contribution < 1.29 is 4.21 Å². The van der Waals surface area contributed by atoms with Gasteiger partial charge in [-0.3, -0.25) is 4.21 Å². The van der Waals surface area contributed by atoms with Gasteiger partial charge in [0.2, 0.25) is 0 Å². The Morgan fingerprint density at radius 2 is 2.00 bits per heavy atom. The summed E-state index contributed by atoms with van der Waals surface area (Å²) in [6.45, 7) is 5.20. The SMILES string of the molecule is CCNC(C)CS(=O)C1CCCCC1. The molecule has 2 nitrogen and oxygen atoms in total. The molecule has 2 unspecified atom stereocenters. The minimum atomic E-state index is -0.601. The molecule has 84 valence electrons. The normalized spacial score (nSPS) is 23.3. The molecule has 1 aliphatic rings. The van der Waals surface area contributed by atoms with Crippen LogP contribution in [0.25, 0.3) is 0 Å². The summed E-state index contributed by atoms with van der Waals surface area (Å²) in [5, 5.41) is 3.81. The Hall–Kier alpha value is 0.110. The standard InChI is InChI=1S/C11H23NOS/c1-3-12-10(2)9-14(13)11-7-5-4-6-8-11/h10-12H,3-9H2,1-2H3. The average molecular weight is 217 g/mol. The molecule has 1 N–H and O–H groups in total. The number of rotatable bonds is 5. The fraction of sp³-hybridized carbons (Fsp3) is 1.00. The number of nitrogens with one attached hydrogen (secondary N) is 1. The predicted octanol–water partition coefficient (Wildman–Crippen LogP) is 2.07. The second-order valence-electron chi connectivity index (χ2n) is 4.27. The zero-order valence-corrected chi connectivity index (χ0v) is 10.2. The smallest absolute Gasteiger partial charge is 0.0388 e. The Kier molecular flexibility index (Phi) is 5.71. The first kappa shape index (κ1) is 12.2. The maximum Gasteiger partial charge on any atom is 0.0388 e. The van der Waals surface area contributed by atoms with Gasteiger partial charge in [-0.1, -0.05) is 26.2 Å². The van der Waals surface area contributed by atoms with Gasteiger partial charge >= 0.3 is 0 Å². The van der Waals surface area contributed by atoms with Crippen molar-refractivity contribution in [2.45, 2.75) is 57.2 Å². The fourth-order valence-electron chi connectivity index (χ4n) is 2.12. The van der Waals surface area contributed by atoms with E-state index >= 15 is 0 Å². The monoisotopic (exact) mass is 217 g/mol. The van der Waals surface area contributed by atoms with Crippen LogP contribution in [-0.2, 0) is 10.8 Å². The van der Waals surface area contributed by atoms with E-state index in [-0.39, 0.29) is 0 Å². The molecule has 14 heavy (non-hydrogen) atoms. The largest absolute Gasteiger partial charge is 0.314 e. The minimum Gasteiger partial charge on any atom is -0.314 e. The van der Waals surface area contributed by atoms with Crippen LogP contribution in [0.15, 0.2) is 0 Å². The van der Waals surface area contributed by atoms with Crippen LogP contribution in [0.5, 0.6) is 0 Å². The van der Waals surface area contributed by atoms with Crippen LogP contribution in [0.2, 0.25) is 0 Å². The Bertz CT molecular complexity index is 178. The molecule has 1 aliphatic carbocycles. The van der Waals surface area contributed by atoms with Crippen LogP contribution in [0.4, 0.5) is 0 Å². The van der Waals surface area contributed by atoms with Crippen LogP contribution in [0.1, 0.15) is 46.0 Å². The van der Waals surface area contributed by atoms with Gasteiger partial charge in [-0.2, -0.15) is 0 Å². The van der Waals surface area contributed by atoms with Gasteiger partial charge in [-0.05, 0) is 26.3 Å². The molecule has 0 aromatic carbocycles. The van der Waals surface area contributed by atoms with Crippen molar-refractivity contribution in [3.05, 3.63) is 0 Å². The van der Waals surface area contributed by atoms with Crippen molar-refractivity contribution >= 4 is 10.8 Å². The molecular formula is C11H23NOS. The van der Waals surface area contributed by atoms with Crippen molar-refractivity contribution in [3.63, 3.8) is 0 Å². The third kappa shape index (κ3) is 4.09.